The zero-order chi connectivity index (χ0) is 12.5. The van der Waals surface area contributed by atoms with Crippen LogP contribution >= 0.6 is 0 Å². The van der Waals surface area contributed by atoms with Crippen LogP contribution in [0.3, 0.4) is 0 Å². The summed E-state index contributed by atoms with van der Waals surface area (Å²) < 4.78 is 10.3. The first-order valence-corrected chi connectivity index (χ1v) is 5.54. The second-order valence-corrected chi connectivity index (χ2v) is 4.33. The van der Waals surface area contributed by atoms with Crippen molar-refractivity contribution in [1.29, 1.82) is 0 Å². The molecule has 92 valence electrons. The highest BCUT2D eigenvalue weighted by Gasteiger charge is 2.50. The third kappa shape index (κ3) is 2.00. The number of benzene rings is 1. The number of ketones is 1. The summed E-state index contributed by atoms with van der Waals surface area (Å²) in [5, 5.41) is 9.27. The molecule has 2 rings (SSSR count). The van der Waals surface area contributed by atoms with Crippen LogP contribution < -0.4 is 9.47 Å². The molecule has 0 radical (unpaired) electrons. The molecule has 0 bridgehead atoms. The van der Waals surface area contributed by atoms with Gasteiger partial charge in [0.05, 0.1) is 31.8 Å². The highest BCUT2D eigenvalue weighted by atomic mass is 16.5. The quantitative estimate of drug-likeness (QED) is 0.790. The predicted octanol–water partition coefficient (Wildman–Crippen LogP) is 1.66. The second-order valence-electron chi connectivity index (χ2n) is 4.33. The average Bonchev–Trinajstić information content (AvgIpc) is 3.18. The van der Waals surface area contributed by atoms with Crippen molar-refractivity contribution in [1.82, 2.24) is 0 Å². The molecule has 1 aromatic carbocycles. The molecule has 0 saturated heterocycles. The van der Waals surface area contributed by atoms with E-state index in [4.69, 9.17) is 9.47 Å². The summed E-state index contributed by atoms with van der Waals surface area (Å²) in [6, 6.07) is 5.10. The first kappa shape index (κ1) is 11.9. The van der Waals surface area contributed by atoms with Crippen LogP contribution in [-0.2, 0) is 0 Å². The van der Waals surface area contributed by atoms with Crippen LogP contribution in [0.5, 0.6) is 11.5 Å². The number of Topliss-reactive ketones (excluding diaryl/α,β-unsaturated/α-hetero) is 1. The number of ether oxygens (including phenoxy) is 2. The molecule has 0 atom stereocenters. The van der Waals surface area contributed by atoms with Crippen LogP contribution in [0, 0.1) is 5.41 Å². The van der Waals surface area contributed by atoms with Crippen LogP contribution in [-0.4, -0.2) is 31.7 Å². The maximum Gasteiger partial charge on any atom is 0.175 e. The van der Waals surface area contributed by atoms with Gasteiger partial charge in [-0.1, -0.05) is 0 Å². The molecule has 0 amide bonds. The van der Waals surface area contributed by atoms with Gasteiger partial charge in [0.2, 0.25) is 0 Å². The Morgan fingerprint density at radius 1 is 1.35 bits per heavy atom. The zero-order valence-corrected chi connectivity index (χ0v) is 10.0. The first-order chi connectivity index (χ1) is 8.16. The molecule has 0 heterocycles. The highest BCUT2D eigenvalue weighted by molar-refractivity contribution is 6.04. The average molecular weight is 236 g/mol. The number of aliphatic hydroxyl groups is 1. The third-order valence-corrected chi connectivity index (χ3v) is 3.29. The summed E-state index contributed by atoms with van der Waals surface area (Å²) in [7, 11) is 3.08. The van der Waals surface area contributed by atoms with Crippen LogP contribution in [0.15, 0.2) is 18.2 Å². The number of methoxy groups -OCH3 is 2. The molecular formula is C13H16O4. The van der Waals surface area contributed by atoms with Crippen LogP contribution in [0.4, 0.5) is 0 Å². The van der Waals surface area contributed by atoms with E-state index in [9.17, 15) is 9.90 Å². The van der Waals surface area contributed by atoms with Gasteiger partial charge < -0.3 is 14.6 Å². The van der Waals surface area contributed by atoms with Crippen molar-refractivity contribution < 1.29 is 19.4 Å². The largest absolute Gasteiger partial charge is 0.497 e. The molecule has 0 aromatic heterocycles. The second kappa shape index (κ2) is 4.37. The van der Waals surface area contributed by atoms with Crippen LogP contribution in [0.25, 0.3) is 0 Å². The Labute approximate surface area is 100 Å². The molecule has 1 aromatic rings. The fourth-order valence-electron chi connectivity index (χ4n) is 1.88. The number of hydrogen-bond acceptors (Lipinski definition) is 4. The van der Waals surface area contributed by atoms with Gasteiger partial charge in [0, 0.05) is 6.07 Å². The number of hydrogen-bond donors (Lipinski definition) is 1. The van der Waals surface area contributed by atoms with E-state index >= 15 is 0 Å². The van der Waals surface area contributed by atoms with E-state index in [0.29, 0.717) is 17.1 Å². The van der Waals surface area contributed by atoms with Gasteiger partial charge in [-0.2, -0.15) is 0 Å². The normalized spacial score (nSPS) is 16.4. The molecular weight excluding hydrogens is 220 g/mol. The van der Waals surface area contributed by atoms with Gasteiger partial charge in [-0.3, -0.25) is 4.79 Å². The third-order valence-electron chi connectivity index (χ3n) is 3.29. The Balaban J connectivity index is 2.35. The SMILES string of the molecule is COc1ccc(C(=O)C2(CO)CC2)c(OC)c1. The van der Waals surface area contributed by atoms with E-state index in [-0.39, 0.29) is 12.4 Å². The standard InChI is InChI=1S/C13H16O4/c1-16-9-3-4-10(11(7-9)17-2)12(15)13(8-14)5-6-13/h3-4,7,14H,5-6,8H2,1-2H3. The summed E-state index contributed by atoms with van der Waals surface area (Å²) in [6.07, 6.45) is 1.50. The minimum atomic E-state index is -0.568. The van der Waals surface area contributed by atoms with Crippen molar-refractivity contribution in [2.45, 2.75) is 12.8 Å². The number of carbonyl (C=O) groups is 1. The van der Waals surface area contributed by atoms with Gasteiger partial charge in [0.1, 0.15) is 11.5 Å². The lowest BCUT2D eigenvalue weighted by atomic mass is 9.95. The van der Waals surface area contributed by atoms with Crippen LogP contribution in [0.1, 0.15) is 23.2 Å². The van der Waals surface area contributed by atoms with E-state index in [1.165, 1.54) is 7.11 Å². The van der Waals surface area contributed by atoms with Crippen molar-refractivity contribution in [3.63, 3.8) is 0 Å². The van der Waals surface area contributed by atoms with Gasteiger partial charge in [-0.15, -0.1) is 0 Å². The van der Waals surface area contributed by atoms with Crippen molar-refractivity contribution in [3.05, 3.63) is 23.8 Å². The Bertz CT molecular complexity index is 435. The van der Waals surface area contributed by atoms with E-state index in [1.807, 2.05) is 0 Å². The minimum Gasteiger partial charge on any atom is -0.497 e. The lowest BCUT2D eigenvalue weighted by Gasteiger charge is -2.14. The molecule has 1 aliphatic carbocycles. The molecule has 1 N–H and O–H groups in total. The Hall–Kier alpha value is -1.55. The number of carbonyl (C=O) groups excluding carboxylic acids is 1. The van der Waals surface area contributed by atoms with Gasteiger partial charge in [-0.25, -0.2) is 0 Å². The molecule has 17 heavy (non-hydrogen) atoms. The van der Waals surface area contributed by atoms with Gasteiger partial charge in [-0.05, 0) is 25.0 Å². The lowest BCUT2D eigenvalue weighted by molar-refractivity contribution is 0.0826. The van der Waals surface area contributed by atoms with Crippen molar-refractivity contribution in [2.24, 2.45) is 5.41 Å². The van der Waals surface area contributed by atoms with Gasteiger partial charge >= 0.3 is 0 Å². The van der Waals surface area contributed by atoms with Gasteiger partial charge in [0.25, 0.3) is 0 Å². The monoisotopic (exact) mass is 236 g/mol. The Morgan fingerprint density at radius 3 is 2.53 bits per heavy atom. The smallest absolute Gasteiger partial charge is 0.175 e. The molecule has 1 saturated carbocycles. The number of rotatable bonds is 5. The minimum absolute atomic E-state index is 0.0421. The summed E-state index contributed by atoms with van der Waals surface area (Å²) in [5.41, 5.74) is -0.0538. The molecule has 4 nitrogen and oxygen atoms in total. The highest BCUT2D eigenvalue weighted by Crippen LogP contribution is 2.48. The molecule has 1 fully saturated rings. The maximum atomic E-state index is 12.3. The van der Waals surface area contributed by atoms with Crippen LogP contribution in [0.2, 0.25) is 0 Å². The Kier molecular flexibility index (Phi) is 3.07. The fourth-order valence-corrected chi connectivity index (χ4v) is 1.88. The van der Waals surface area contributed by atoms with E-state index < -0.39 is 5.41 Å². The maximum absolute atomic E-state index is 12.3. The molecule has 0 unspecified atom stereocenters. The molecule has 4 heteroatoms. The van der Waals surface area contributed by atoms with Crippen molar-refractivity contribution in [3.8, 4) is 11.5 Å². The first-order valence-electron chi connectivity index (χ1n) is 5.54. The van der Waals surface area contributed by atoms with E-state index in [0.717, 1.165) is 12.8 Å². The summed E-state index contributed by atoms with van der Waals surface area (Å²) in [4.78, 5) is 12.3. The van der Waals surface area contributed by atoms with E-state index in [1.54, 1.807) is 25.3 Å². The predicted molar refractivity (Wildman–Crippen MR) is 62.6 cm³/mol. The topological polar surface area (TPSA) is 55.8 Å². The summed E-state index contributed by atoms with van der Waals surface area (Å²) in [6.45, 7) is -0.0962. The Morgan fingerprint density at radius 2 is 2.06 bits per heavy atom. The number of aliphatic hydroxyl groups excluding tert-OH is 1. The summed E-state index contributed by atoms with van der Waals surface area (Å²) >= 11 is 0. The molecule has 0 spiro atoms. The zero-order valence-electron chi connectivity index (χ0n) is 10.0. The molecule has 0 aliphatic heterocycles. The van der Waals surface area contributed by atoms with Crippen molar-refractivity contribution >= 4 is 5.78 Å². The van der Waals surface area contributed by atoms with Crippen molar-refractivity contribution in [2.75, 3.05) is 20.8 Å². The van der Waals surface area contributed by atoms with E-state index in [2.05, 4.69) is 0 Å². The fraction of sp³-hybridized carbons (Fsp3) is 0.462. The van der Waals surface area contributed by atoms with Gasteiger partial charge in [0.15, 0.2) is 5.78 Å². The lowest BCUT2D eigenvalue weighted by Crippen LogP contribution is -2.20. The summed E-state index contributed by atoms with van der Waals surface area (Å²) in [5.74, 6) is 1.10. The molecule has 1 aliphatic rings.